The number of hydrogen-bond acceptors (Lipinski definition) is 6. The van der Waals surface area contributed by atoms with Crippen LogP contribution in [0.15, 0.2) is 21.9 Å². The molecule has 0 aliphatic heterocycles. The van der Waals surface area contributed by atoms with Crippen molar-refractivity contribution in [2.75, 3.05) is 19.5 Å². The van der Waals surface area contributed by atoms with E-state index in [-0.39, 0.29) is 12.2 Å². The Morgan fingerprint density at radius 3 is 3.06 bits per heavy atom. The minimum Gasteiger partial charge on any atom is -0.465 e. The molecular weight excluding hydrogens is 258 g/mol. The number of ether oxygens (including phenoxy) is 1. The van der Waals surface area contributed by atoms with E-state index in [4.69, 9.17) is 10.4 Å². The largest absolute Gasteiger partial charge is 0.465 e. The van der Waals surface area contributed by atoms with Crippen molar-refractivity contribution >= 4 is 35.1 Å². The molecule has 0 amide bonds. The van der Waals surface area contributed by atoms with Crippen LogP contribution in [0, 0.1) is 11.3 Å². The molecule has 17 heavy (non-hydrogen) atoms. The van der Waals surface area contributed by atoms with Crippen LogP contribution in [0.2, 0.25) is 0 Å². The van der Waals surface area contributed by atoms with Crippen LogP contribution in [-0.2, 0) is 9.53 Å². The molecule has 6 heteroatoms. The summed E-state index contributed by atoms with van der Waals surface area (Å²) in [5.41, 5.74) is -0.0203. The van der Waals surface area contributed by atoms with Crippen molar-refractivity contribution in [2.45, 2.75) is 4.21 Å². The lowest BCUT2D eigenvalue weighted by Crippen LogP contribution is -2.02. The zero-order valence-corrected chi connectivity index (χ0v) is 10.8. The molecule has 0 saturated heterocycles. The van der Waals surface area contributed by atoms with Gasteiger partial charge in [-0.1, -0.05) is 0 Å². The van der Waals surface area contributed by atoms with Crippen molar-refractivity contribution in [3.05, 3.63) is 22.6 Å². The Morgan fingerprint density at radius 2 is 2.47 bits per heavy atom. The van der Waals surface area contributed by atoms with Crippen LogP contribution in [0.25, 0.3) is 6.08 Å². The SMILES string of the molecule is COC(=O)/C(C#N)=C/c1ccc(SCCO)s1. The van der Waals surface area contributed by atoms with E-state index < -0.39 is 5.97 Å². The molecule has 0 aliphatic carbocycles. The van der Waals surface area contributed by atoms with Gasteiger partial charge >= 0.3 is 5.97 Å². The van der Waals surface area contributed by atoms with E-state index in [0.717, 1.165) is 9.09 Å². The normalized spacial score (nSPS) is 11.0. The number of nitriles is 1. The Morgan fingerprint density at radius 1 is 1.71 bits per heavy atom. The fourth-order valence-electron chi connectivity index (χ4n) is 1.02. The van der Waals surface area contributed by atoms with Gasteiger partial charge in [0.25, 0.3) is 0 Å². The predicted molar refractivity (Wildman–Crippen MR) is 67.7 cm³/mol. The van der Waals surface area contributed by atoms with Gasteiger partial charge in [-0.15, -0.1) is 23.1 Å². The number of methoxy groups -OCH3 is 1. The van der Waals surface area contributed by atoms with Gasteiger partial charge in [0.05, 0.1) is 17.9 Å². The van der Waals surface area contributed by atoms with Crippen LogP contribution in [0.5, 0.6) is 0 Å². The number of esters is 1. The number of rotatable bonds is 5. The van der Waals surface area contributed by atoms with Crippen molar-refractivity contribution in [1.82, 2.24) is 0 Å². The molecule has 1 rings (SSSR count). The second kappa shape index (κ2) is 7.12. The maximum atomic E-state index is 11.2. The lowest BCUT2D eigenvalue weighted by molar-refractivity contribution is -0.135. The van der Waals surface area contributed by atoms with Crippen LogP contribution in [0.4, 0.5) is 0 Å². The number of thiophene rings is 1. The fourth-order valence-corrected chi connectivity index (χ4v) is 2.94. The first-order chi connectivity index (χ1) is 8.21. The van der Waals surface area contributed by atoms with E-state index in [2.05, 4.69) is 4.74 Å². The van der Waals surface area contributed by atoms with E-state index in [1.165, 1.54) is 36.3 Å². The van der Waals surface area contributed by atoms with Crippen LogP contribution in [-0.4, -0.2) is 30.5 Å². The summed E-state index contributed by atoms with van der Waals surface area (Å²) in [5.74, 6) is -0.00310. The Hall–Kier alpha value is -1.29. The van der Waals surface area contributed by atoms with Gasteiger partial charge in [0.15, 0.2) is 0 Å². The van der Waals surface area contributed by atoms with Crippen LogP contribution >= 0.6 is 23.1 Å². The molecule has 0 unspecified atom stereocenters. The molecule has 0 atom stereocenters. The highest BCUT2D eigenvalue weighted by Gasteiger charge is 2.09. The van der Waals surface area contributed by atoms with E-state index in [1.807, 2.05) is 12.1 Å². The Labute approximate surface area is 108 Å². The molecule has 0 aromatic carbocycles. The van der Waals surface area contributed by atoms with E-state index >= 15 is 0 Å². The molecule has 0 aliphatic rings. The third-order valence-corrected chi connectivity index (χ3v) is 3.99. The van der Waals surface area contributed by atoms with Crippen LogP contribution < -0.4 is 0 Å². The first-order valence-corrected chi connectivity index (χ1v) is 6.55. The smallest absolute Gasteiger partial charge is 0.348 e. The van der Waals surface area contributed by atoms with Crippen molar-refractivity contribution in [3.63, 3.8) is 0 Å². The van der Waals surface area contributed by atoms with Crippen molar-refractivity contribution in [1.29, 1.82) is 5.26 Å². The highest BCUT2D eigenvalue weighted by Crippen LogP contribution is 2.28. The first kappa shape index (κ1) is 13.8. The minimum absolute atomic E-state index is 0.0203. The standard InChI is InChI=1S/C11H11NO3S2/c1-15-11(14)8(7-12)6-9-2-3-10(17-9)16-5-4-13/h2-3,6,13H,4-5H2,1H3/b8-6+. The molecule has 90 valence electrons. The average Bonchev–Trinajstić information content (AvgIpc) is 2.80. The number of nitrogens with zero attached hydrogens (tertiary/aromatic N) is 1. The number of carbonyl (C=O) groups is 1. The van der Waals surface area contributed by atoms with Crippen molar-refractivity contribution < 1.29 is 14.6 Å². The molecule has 0 fully saturated rings. The Kier molecular flexibility index (Phi) is 5.77. The summed E-state index contributed by atoms with van der Waals surface area (Å²) < 4.78 is 5.52. The summed E-state index contributed by atoms with van der Waals surface area (Å²) >= 11 is 2.99. The van der Waals surface area contributed by atoms with Gasteiger partial charge in [-0.25, -0.2) is 4.79 Å². The second-order valence-corrected chi connectivity index (χ2v) is 5.40. The van der Waals surface area contributed by atoms with Crippen molar-refractivity contribution in [3.8, 4) is 6.07 Å². The summed E-state index contributed by atoms with van der Waals surface area (Å²) in [6.45, 7) is 0.124. The average molecular weight is 269 g/mol. The lowest BCUT2D eigenvalue weighted by Gasteiger charge is -1.94. The van der Waals surface area contributed by atoms with E-state index in [1.54, 1.807) is 6.07 Å². The summed E-state index contributed by atoms with van der Waals surface area (Å²) in [6, 6.07) is 5.52. The maximum absolute atomic E-state index is 11.2. The highest BCUT2D eigenvalue weighted by atomic mass is 32.2. The van der Waals surface area contributed by atoms with E-state index in [0.29, 0.717) is 5.75 Å². The van der Waals surface area contributed by atoms with Gasteiger partial charge < -0.3 is 9.84 Å². The second-order valence-electron chi connectivity index (χ2n) is 2.89. The van der Waals surface area contributed by atoms with Gasteiger partial charge in [-0.3, -0.25) is 0 Å². The predicted octanol–water partition coefficient (Wildman–Crippen LogP) is 1.91. The number of thioether (sulfide) groups is 1. The number of aliphatic hydroxyl groups excluding tert-OH is 1. The molecule has 1 N–H and O–H groups in total. The van der Waals surface area contributed by atoms with Gasteiger partial charge in [0.2, 0.25) is 0 Å². The molecule has 0 bridgehead atoms. The molecule has 0 saturated carbocycles. The number of carbonyl (C=O) groups excluding carboxylic acids is 1. The maximum Gasteiger partial charge on any atom is 0.348 e. The van der Waals surface area contributed by atoms with Gasteiger partial charge in [0.1, 0.15) is 11.6 Å². The number of aliphatic hydroxyl groups is 1. The minimum atomic E-state index is -0.634. The molecule has 1 heterocycles. The third-order valence-electron chi connectivity index (χ3n) is 1.75. The Balaban J connectivity index is 2.79. The van der Waals surface area contributed by atoms with Gasteiger partial charge in [0, 0.05) is 10.6 Å². The Bertz CT molecular complexity index is 460. The highest BCUT2D eigenvalue weighted by molar-refractivity contribution is 8.01. The first-order valence-electron chi connectivity index (χ1n) is 4.75. The molecule has 1 aromatic rings. The van der Waals surface area contributed by atoms with E-state index in [9.17, 15) is 4.79 Å². The summed E-state index contributed by atoms with van der Waals surface area (Å²) in [6.07, 6.45) is 1.50. The lowest BCUT2D eigenvalue weighted by atomic mass is 10.2. The zero-order valence-electron chi connectivity index (χ0n) is 9.17. The fraction of sp³-hybridized carbons (Fsp3) is 0.273. The summed E-state index contributed by atoms with van der Waals surface area (Å²) in [4.78, 5) is 12.0. The quantitative estimate of drug-likeness (QED) is 0.383. The number of hydrogen-bond donors (Lipinski definition) is 1. The van der Waals surface area contributed by atoms with Gasteiger partial charge in [-0.2, -0.15) is 5.26 Å². The molecule has 0 spiro atoms. The molecular formula is C11H11NO3S2. The summed E-state index contributed by atoms with van der Waals surface area (Å²) in [5, 5.41) is 17.5. The molecule has 4 nitrogen and oxygen atoms in total. The van der Waals surface area contributed by atoms with Gasteiger partial charge in [-0.05, 0) is 18.2 Å². The third kappa shape index (κ3) is 4.23. The monoisotopic (exact) mass is 269 g/mol. The topological polar surface area (TPSA) is 70.3 Å². The molecule has 1 aromatic heterocycles. The van der Waals surface area contributed by atoms with Crippen LogP contribution in [0.1, 0.15) is 4.88 Å². The van der Waals surface area contributed by atoms with Crippen molar-refractivity contribution in [2.24, 2.45) is 0 Å². The van der Waals surface area contributed by atoms with Crippen LogP contribution in [0.3, 0.4) is 0 Å². The zero-order chi connectivity index (χ0) is 12.7. The molecule has 0 radical (unpaired) electrons. The summed E-state index contributed by atoms with van der Waals surface area (Å²) in [7, 11) is 1.24.